The first kappa shape index (κ1) is 11.0. The van der Waals surface area contributed by atoms with E-state index >= 15 is 0 Å². The molecule has 2 aromatic heterocycles. The summed E-state index contributed by atoms with van der Waals surface area (Å²) in [5.41, 5.74) is 1.59. The van der Waals surface area contributed by atoms with Crippen LogP contribution in [0.5, 0.6) is 0 Å². The van der Waals surface area contributed by atoms with Crippen LogP contribution in [0, 0.1) is 0 Å². The Morgan fingerprint density at radius 3 is 2.88 bits per heavy atom. The van der Waals surface area contributed by atoms with Crippen molar-refractivity contribution in [3.63, 3.8) is 0 Å². The number of aryl methyl sites for hydroxylation is 1. The van der Waals surface area contributed by atoms with Crippen LogP contribution in [0.25, 0.3) is 11.4 Å². The van der Waals surface area contributed by atoms with E-state index in [9.17, 15) is 0 Å². The average Bonchev–Trinajstić information content (AvgIpc) is 2.64. The van der Waals surface area contributed by atoms with Crippen molar-refractivity contribution in [3.05, 3.63) is 29.3 Å². The number of aromatic nitrogens is 4. The Balaban J connectivity index is 2.40. The van der Waals surface area contributed by atoms with E-state index < -0.39 is 0 Å². The quantitative estimate of drug-likeness (QED) is 0.764. The highest BCUT2D eigenvalue weighted by atomic mass is 35.5. The van der Waals surface area contributed by atoms with Crippen molar-refractivity contribution in [1.82, 2.24) is 19.7 Å². The molecule has 0 aliphatic heterocycles. The van der Waals surface area contributed by atoms with Crippen LogP contribution in [0.4, 0.5) is 0 Å². The third-order valence-electron chi connectivity index (χ3n) is 2.00. The van der Waals surface area contributed by atoms with Crippen LogP contribution in [0.3, 0.4) is 0 Å². The van der Waals surface area contributed by atoms with E-state index in [1.54, 1.807) is 24.1 Å². The maximum absolute atomic E-state index is 5.91. The third-order valence-corrected chi connectivity index (χ3v) is 2.20. The number of nitrogens with zero attached hydrogens (tertiary/aromatic N) is 4. The fourth-order valence-corrected chi connectivity index (χ4v) is 1.56. The third kappa shape index (κ3) is 2.37. The Bertz CT molecular complexity index is 497. The molecule has 0 spiro atoms. The SMILES string of the molecule is COCc1cc(Cl)nc(-c2cnn(C)c2)n1. The largest absolute Gasteiger partial charge is 0.378 e. The van der Waals surface area contributed by atoms with Gasteiger partial charge in [0.1, 0.15) is 5.15 Å². The highest BCUT2D eigenvalue weighted by Crippen LogP contribution is 2.17. The molecule has 0 radical (unpaired) electrons. The molecule has 16 heavy (non-hydrogen) atoms. The van der Waals surface area contributed by atoms with Gasteiger partial charge in [0, 0.05) is 20.4 Å². The van der Waals surface area contributed by atoms with Crippen LogP contribution >= 0.6 is 11.6 Å². The second-order valence-electron chi connectivity index (χ2n) is 3.34. The van der Waals surface area contributed by atoms with Gasteiger partial charge in [-0.1, -0.05) is 11.6 Å². The van der Waals surface area contributed by atoms with Crippen molar-refractivity contribution >= 4 is 11.6 Å². The summed E-state index contributed by atoms with van der Waals surface area (Å²) in [5.74, 6) is 0.563. The molecule has 5 nitrogen and oxygen atoms in total. The normalized spacial score (nSPS) is 10.7. The van der Waals surface area contributed by atoms with Gasteiger partial charge in [0.15, 0.2) is 5.82 Å². The van der Waals surface area contributed by atoms with Gasteiger partial charge in [-0.2, -0.15) is 5.10 Å². The van der Waals surface area contributed by atoms with Crippen LogP contribution < -0.4 is 0 Å². The highest BCUT2D eigenvalue weighted by molar-refractivity contribution is 6.29. The molecule has 2 heterocycles. The maximum atomic E-state index is 5.91. The summed E-state index contributed by atoms with van der Waals surface area (Å²) < 4.78 is 6.70. The van der Waals surface area contributed by atoms with E-state index in [1.807, 2.05) is 13.2 Å². The fourth-order valence-electron chi connectivity index (χ4n) is 1.35. The van der Waals surface area contributed by atoms with Crippen molar-refractivity contribution < 1.29 is 4.74 Å². The van der Waals surface area contributed by atoms with Gasteiger partial charge in [-0.05, 0) is 6.07 Å². The Morgan fingerprint density at radius 1 is 1.44 bits per heavy atom. The van der Waals surface area contributed by atoms with Crippen LogP contribution in [-0.4, -0.2) is 26.9 Å². The van der Waals surface area contributed by atoms with E-state index in [0.717, 1.165) is 11.3 Å². The molecule has 0 saturated heterocycles. The van der Waals surface area contributed by atoms with Gasteiger partial charge >= 0.3 is 0 Å². The van der Waals surface area contributed by atoms with Gasteiger partial charge in [-0.3, -0.25) is 4.68 Å². The Morgan fingerprint density at radius 2 is 2.25 bits per heavy atom. The molecule has 0 atom stereocenters. The van der Waals surface area contributed by atoms with Gasteiger partial charge in [0.2, 0.25) is 0 Å². The Labute approximate surface area is 98.0 Å². The predicted octanol–water partition coefficient (Wildman–Crippen LogP) is 1.68. The highest BCUT2D eigenvalue weighted by Gasteiger charge is 2.07. The van der Waals surface area contributed by atoms with E-state index in [4.69, 9.17) is 16.3 Å². The van der Waals surface area contributed by atoms with Crippen molar-refractivity contribution in [2.45, 2.75) is 6.61 Å². The smallest absolute Gasteiger partial charge is 0.164 e. The lowest BCUT2D eigenvalue weighted by molar-refractivity contribution is 0.181. The number of hydrogen-bond acceptors (Lipinski definition) is 4. The molecule has 6 heteroatoms. The van der Waals surface area contributed by atoms with Gasteiger partial charge in [-0.15, -0.1) is 0 Å². The first-order valence-corrected chi connectivity index (χ1v) is 5.08. The molecule has 2 aromatic rings. The van der Waals surface area contributed by atoms with E-state index in [2.05, 4.69) is 15.1 Å². The lowest BCUT2D eigenvalue weighted by Crippen LogP contribution is -1.97. The molecule has 0 aliphatic carbocycles. The van der Waals surface area contributed by atoms with Crippen molar-refractivity contribution in [3.8, 4) is 11.4 Å². The zero-order valence-corrected chi connectivity index (χ0v) is 9.77. The van der Waals surface area contributed by atoms with E-state index in [0.29, 0.717) is 17.6 Å². The molecular weight excluding hydrogens is 228 g/mol. The number of halogens is 1. The number of hydrogen-bond donors (Lipinski definition) is 0. The molecule has 0 N–H and O–H groups in total. The average molecular weight is 239 g/mol. The summed E-state index contributed by atoms with van der Waals surface area (Å²) in [6.45, 7) is 0.412. The van der Waals surface area contributed by atoms with E-state index in [-0.39, 0.29) is 0 Å². The minimum Gasteiger partial charge on any atom is -0.378 e. The second kappa shape index (κ2) is 4.59. The molecule has 0 unspecified atom stereocenters. The van der Waals surface area contributed by atoms with Crippen LogP contribution in [-0.2, 0) is 18.4 Å². The zero-order chi connectivity index (χ0) is 11.5. The van der Waals surface area contributed by atoms with Gasteiger partial charge in [-0.25, -0.2) is 9.97 Å². The van der Waals surface area contributed by atoms with Crippen LogP contribution in [0.1, 0.15) is 5.69 Å². The van der Waals surface area contributed by atoms with Crippen molar-refractivity contribution in [2.75, 3.05) is 7.11 Å². The van der Waals surface area contributed by atoms with Crippen molar-refractivity contribution in [2.24, 2.45) is 7.05 Å². The molecule has 0 aliphatic rings. The van der Waals surface area contributed by atoms with Gasteiger partial charge < -0.3 is 4.74 Å². The summed E-state index contributed by atoms with van der Waals surface area (Å²) in [6.07, 6.45) is 3.53. The first-order valence-electron chi connectivity index (χ1n) is 4.70. The molecule has 0 saturated carbocycles. The topological polar surface area (TPSA) is 52.8 Å². The predicted molar refractivity (Wildman–Crippen MR) is 60.0 cm³/mol. The summed E-state index contributed by atoms with van der Waals surface area (Å²) in [6, 6.07) is 1.69. The molecule has 0 fully saturated rings. The summed E-state index contributed by atoms with van der Waals surface area (Å²) in [4.78, 5) is 8.48. The summed E-state index contributed by atoms with van der Waals surface area (Å²) >= 11 is 5.91. The van der Waals surface area contributed by atoms with Gasteiger partial charge in [0.05, 0.1) is 24.1 Å². The summed E-state index contributed by atoms with van der Waals surface area (Å²) in [7, 11) is 3.45. The molecular formula is C10H11ClN4O. The monoisotopic (exact) mass is 238 g/mol. The molecule has 0 aromatic carbocycles. The minimum absolute atomic E-state index is 0.404. The molecule has 0 bridgehead atoms. The maximum Gasteiger partial charge on any atom is 0.164 e. The number of methoxy groups -OCH3 is 1. The van der Waals surface area contributed by atoms with E-state index in [1.165, 1.54) is 0 Å². The second-order valence-corrected chi connectivity index (χ2v) is 3.73. The standard InChI is InChI=1S/C10H11ClN4O/c1-15-5-7(4-12-15)10-13-8(6-16-2)3-9(11)14-10/h3-5H,6H2,1-2H3. The number of ether oxygens (including phenoxy) is 1. The lowest BCUT2D eigenvalue weighted by Gasteiger charge is -2.02. The molecule has 84 valence electrons. The van der Waals surface area contributed by atoms with Crippen LogP contribution in [0.2, 0.25) is 5.15 Å². The zero-order valence-electron chi connectivity index (χ0n) is 9.01. The lowest BCUT2D eigenvalue weighted by atomic mass is 10.3. The Hall–Kier alpha value is -1.46. The Kier molecular flexibility index (Phi) is 3.17. The minimum atomic E-state index is 0.404. The molecule has 0 amide bonds. The fraction of sp³-hybridized carbons (Fsp3) is 0.300. The van der Waals surface area contributed by atoms with Gasteiger partial charge in [0.25, 0.3) is 0 Å². The van der Waals surface area contributed by atoms with Crippen LogP contribution in [0.15, 0.2) is 18.5 Å². The van der Waals surface area contributed by atoms with Crippen molar-refractivity contribution in [1.29, 1.82) is 0 Å². The number of rotatable bonds is 3. The first-order chi connectivity index (χ1) is 7.69. The summed E-state index contributed by atoms with van der Waals surface area (Å²) in [5, 5.41) is 4.46. The molecule has 2 rings (SSSR count).